The second-order valence-electron chi connectivity index (χ2n) is 9.91. The van der Waals surface area contributed by atoms with Gasteiger partial charge in [0.15, 0.2) is 0 Å². The van der Waals surface area contributed by atoms with Crippen molar-refractivity contribution >= 4 is 20.9 Å². The summed E-state index contributed by atoms with van der Waals surface area (Å²) in [5.74, 6) is 0.358. The highest BCUT2D eigenvalue weighted by atomic mass is 32.2. The first-order valence-corrected chi connectivity index (χ1v) is 13.0. The van der Waals surface area contributed by atoms with Crippen molar-refractivity contribution in [2.75, 3.05) is 7.05 Å². The van der Waals surface area contributed by atoms with Gasteiger partial charge in [0.2, 0.25) is 10.0 Å². The Balaban J connectivity index is 1.92. The van der Waals surface area contributed by atoms with Crippen molar-refractivity contribution in [2.45, 2.75) is 51.0 Å². The van der Waals surface area contributed by atoms with E-state index in [9.17, 15) is 13.2 Å². The lowest BCUT2D eigenvalue weighted by Gasteiger charge is -2.29. The van der Waals surface area contributed by atoms with Crippen molar-refractivity contribution in [3.63, 3.8) is 0 Å². The summed E-state index contributed by atoms with van der Waals surface area (Å²) in [4.78, 5) is 18.7. The Bertz CT molecular complexity index is 1550. The van der Waals surface area contributed by atoms with Crippen molar-refractivity contribution in [3.8, 4) is 5.69 Å². The minimum Gasteiger partial charge on any atom is -0.268 e. The van der Waals surface area contributed by atoms with Crippen molar-refractivity contribution in [3.05, 3.63) is 100 Å². The molecular weight excluding hydrogens is 458 g/mol. The van der Waals surface area contributed by atoms with Gasteiger partial charge in [-0.15, -0.1) is 0 Å². The third-order valence-corrected chi connectivity index (χ3v) is 8.35. The maximum Gasteiger partial charge on any atom is 0.266 e. The number of sulfonamides is 1. The average Bonchev–Trinajstić information content (AvgIpc) is 2.83. The number of benzene rings is 3. The first-order chi connectivity index (χ1) is 16.4. The molecule has 1 unspecified atom stereocenters. The van der Waals surface area contributed by atoms with Crippen LogP contribution >= 0.6 is 0 Å². The predicted octanol–water partition coefficient (Wildman–Crippen LogP) is 5.37. The van der Waals surface area contributed by atoms with Gasteiger partial charge in [-0.05, 0) is 55.2 Å². The Morgan fingerprint density at radius 3 is 2.17 bits per heavy atom. The number of fused-ring (bicyclic) bond motifs is 1. The molecule has 6 nitrogen and oxygen atoms in total. The molecule has 0 aliphatic heterocycles. The van der Waals surface area contributed by atoms with Gasteiger partial charge in [-0.2, -0.15) is 4.31 Å². The van der Waals surface area contributed by atoms with Gasteiger partial charge in [0.05, 0.1) is 27.5 Å². The zero-order chi connectivity index (χ0) is 25.5. The van der Waals surface area contributed by atoms with E-state index in [4.69, 9.17) is 4.98 Å². The molecule has 4 rings (SSSR count). The molecular formula is C28H31N3O3S. The number of hydrogen-bond acceptors (Lipinski definition) is 4. The van der Waals surface area contributed by atoms with Crippen LogP contribution in [-0.4, -0.2) is 29.3 Å². The van der Waals surface area contributed by atoms with E-state index >= 15 is 0 Å². The summed E-state index contributed by atoms with van der Waals surface area (Å²) in [7, 11) is -2.35. The number of nitrogens with zero attached hydrogens (tertiary/aromatic N) is 3. The zero-order valence-corrected chi connectivity index (χ0v) is 21.8. The molecule has 0 fully saturated rings. The van der Waals surface area contributed by atoms with Crippen LogP contribution in [0.25, 0.3) is 16.6 Å². The summed E-state index contributed by atoms with van der Waals surface area (Å²) < 4.78 is 30.6. The standard InChI is InChI=1S/C28H31N3O3S/c1-19-15-17-21(18-16-19)31-26(29-24-13-9-7-11-22(24)27(31)32)20(2)30(6)35(33,34)25-14-10-8-12-23(25)28(3,4)5/h7-18,20H,1-6H3. The number of rotatable bonds is 5. The molecule has 182 valence electrons. The number of para-hydroxylation sites is 1. The largest absolute Gasteiger partial charge is 0.268 e. The van der Waals surface area contributed by atoms with Gasteiger partial charge in [0.1, 0.15) is 5.82 Å². The molecule has 1 aromatic heterocycles. The molecule has 0 bridgehead atoms. The normalized spacial score (nSPS) is 13.3. The maximum atomic E-state index is 13.9. The van der Waals surface area contributed by atoms with Crippen LogP contribution in [0, 0.1) is 6.92 Å². The topological polar surface area (TPSA) is 72.3 Å². The molecule has 0 saturated heterocycles. The van der Waals surface area contributed by atoms with Crippen LogP contribution in [0.15, 0.2) is 82.5 Å². The molecule has 4 aromatic rings. The quantitative estimate of drug-likeness (QED) is 0.378. The van der Waals surface area contributed by atoms with Gasteiger partial charge >= 0.3 is 0 Å². The minimum absolute atomic E-state index is 0.234. The van der Waals surface area contributed by atoms with Crippen LogP contribution in [0.1, 0.15) is 50.7 Å². The Kier molecular flexibility index (Phi) is 6.42. The first kappa shape index (κ1) is 24.8. The van der Waals surface area contributed by atoms with E-state index in [1.54, 1.807) is 44.3 Å². The Hall–Kier alpha value is -3.29. The minimum atomic E-state index is -3.89. The van der Waals surface area contributed by atoms with Crippen LogP contribution in [0.5, 0.6) is 0 Å². The van der Waals surface area contributed by atoms with E-state index in [0.717, 1.165) is 11.1 Å². The first-order valence-electron chi connectivity index (χ1n) is 11.6. The van der Waals surface area contributed by atoms with E-state index in [2.05, 4.69) is 0 Å². The molecule has 35 heavy (non-hydrogen) atoms. The molecule has 0 N–H and O–H groups in total. The van der Waals surface area contributed by atoms with Crippen LogP contribution in [0.2, 0.25) is 0 Å². The second kappa shape index (κ2) is 9.06. The van der Waals surface area contributed by atoms with Gasteiger partial charge in [0, 0.05) is 7.05 Å². The van der Waals surface area contributed by atoms with Crippen molar-refractivity contribution in [1.82, 2.24) is 13.9 Å². The third kappa shape index (κ3) is 4.54. The fourth-order valence-electron chi connectivity index (χ4n) is 4.21. The van der Waals surface area contributed by atoms with E-state index < -0.39 is 16.1 Å². The molecule has 0 radical (unpaired) electrons. The van der Waals surface area contributed by atoms with Crippen LogP contribution < -0.4 is 5.56 Å². The highest BCUT2D eigenvalue weighted by molar-refractivity contribution is 7.89. The Morgan fingerprint density at radius 2 is 1.51 bits per heavy atom. The predicted molar refractivity (Wildman–Crippen MR) is 141 cm³/mol. The fraction of sp³-hybridized carbons (Fsp3) is 0.286. The molecule has 3 aromatic carbocycles. The average molecular weight is 490 g/mol. The Morgan fingerprint density at radius 1 is 0.914 bits per heavy atom. The fourth-order valence-corrected chi connectivity index (χ4v) is 5.93. The van der Waals surface area contributed by atoms with Gasteiger partial charge < -0.3 is 0 Å². The van der Waals surface area contributed by atoms with E-state index in [1.807, 2.05) is 70.2 Å². The lowest BCUT2D eigenvalue weighted by molar-refractivity contribution is 0.377. The van der Waals surface area contributed by atoms with Crippen LogP contribution in [-0.2, 0) is 15.4 Å². The van der Waals surface area contributed by atoms with E-state index in [1.165, 1.54) is 8.87 Å². The summed E-state index contributed by atoms with van der Waals surface area (Å²) in [5, 5.41) is 0.479. The van der Waals surface area contributed by atoms with Crippen molar-refractivity contribution in [2.24, 2.45) is 0 Å². The van der Waals surface area contributed by atoms with E-state index in [0.29, 0.717) is 22.4 Å². The highest BCUT2D eigenvalue weighted by Crippen LogP contribution is 2.33. The Labute approximate surface area is 206 Å². The van der Waals surface area contributed by atoms with Crippen LogP contribution in [0.3, 0.4) is 0 Å². The lowest BCUT2D eigenvalue weighted by Crippen LogP contribution is -2.35. The molecule has 0 aliphatic rings. The molecule has 0 aliphatic carbocycles. The molecule has 0 spiro atoms. The summed E-state index contributed by atoms with van der Waals surface area (Å²) in [6, 6.07) is 21.0. The number of aryl methyl sites for hydroxylation is 1. The lowest BCUT2D eigenvalue weighted by atomic mass is 9.87. The molecule has 0 saturated carbocycles. The summed E-state index contributed by atoms with van der Waals surface area (Å²) >= 11 is 0. The van der Waals surface area contributed by atoms with Crippen molar-refractivity contribution in [1.29, 1.82) is 0 Å². The number of hydrogen-bond donors (Lipinski definition) is 0. The second-order valence-corrected chi connectivity index (χ2v) is 11.9. The van der Waals surface area contributed by atoms with Crippen molar-refractivity contribution < 1.29 is 8.42 Å². The molecule has 1 atom stereocenters. The molecule has 7 heteroatoms. The monoisotopic (exact) mass is 489 g/mol. The molecule has 0 amide bonds. The smallest absolute Gasteiger partial charge is 0.266 e. The van der Waals surface area contributed by atoms with Gasteiger partial charge in [-0.25, -0.2) is 13.4 Å². The third-order valence-electron chi connectivity index (χ3n) is 6.37. The summed E-state index contributed by atoms with van der Waals surface area (Å²) in [6.07, 6.45) is 0. The van der Waals surface area contributed by atoms with Gasteiger partial charge in [0.25, 0.3) is 5.56 Å². The van der Waals surface area contributed by atoms with Gasteiger partial charge in [-0.1, -0.05) is 68.8 Å². The van der Waals surface area contributed by atoms with E-state index in [-0.39, 0.29) is 15.9 Å². The molecule has 1 heterocycles. The SMILES string of the molecule is Cc1ccc(-n2c(C(C)N(C)S(=O)(=O)c3ccccc3C(C)(C)C)nc3ccccc3c2=O)cc1. The van der Waals surface area contributed by atoms with Crippen LogP contribution in [0.4, 0.5) is 0 Å². The maximum absolute atomic E-state index is 13.9. The zero-order valence-electron chi connectivity index (χ0n) is 21.0. The van der Waals surface area contributed by atoms with Gasteiger partial charge in [-0.3, -0.25) is 9.36 Å². The number of aromatic nitrogens is 2. The highest BCUT2D eigenvalue weighted by Gasteiger charge is 2.33. The summed E-state index contributed by atoms with van der Waals surface area (Å²) in [6.45, 7) is 9.71. The summed E-state index contributed by atoms with van der Waals surface area (Å²) in [5.41, 5.74) is 2.37.